The van der Waals surface area contributed by atoms with E-state index in [0.29, 0.717) is 17.9 Å². The van der Waals surface area contributed by atoms with E-state index in [9.17, 15) is 9.18 Å². The topological polar surface area (TPSA) is 59.8 Å². The lowest BCUT2D eigenvalue weighted by Gasteiger charge is -2.08. The molecule has 0 radical (unpaired) electrons. The molecule has 0 spiro atoms. The Morgan fingerprint density at radius 3 is 2.38 bits per heavy atom. The number of aryl methyl sites for hydroxylation is 1. The molecule has 5 nitrogen and oxygen atoms in total. The summed E-state index contributed by atoms with van der Waals surface area (Å²) < 4.78 is 15.0. The lowest BCUT2D eigenvalue weighted by atomic mass is 10.1. The number of aromatic nitrogens is 3. The SMILES string of the molecule is Cc1ccccc1-n1nc(C(=O)NCc2ccccc2)nc1-c1ccc(F)cc1. The number of amides is 1. The van der Waals surface area contributed by atoms with Gasteiger partial charge in [0.05, 0.1) is 5.69 Å². The van der Waals surface area contributed by atoms with E-state index in [1.54, 1.807) is 16.8 Å². The Labute approximate surface area is 167 Å². The van der Waals surface area contributed by atoms with Gasteiger partial charge in [0.2, 0.25) is 5.82 Å². The minimum absolute atomic E-state index is 0.0588. The third-order valence-electron chi connectivity index (χ3n) is 4.55. The smallest absolute Gasteiger partial charge is 0.291 e. The minimum Gasteiger partial charge on any atom is -0.345 e. The normalized spacial score (nSPS) is 10.7. The first-order chi connectivity index (χ1) is 14.1. The molecule has 6 heteroatoms. The summed E-state index contributed by atoms with van der Waals surface area (Å²) in [5.74, 6) is -0.172. The number of nitrogens with one attached hydrogen (secondary N) is 1. The fourth-order valence-corrected chi connectivity index (χ4v) is 3.02. The summed E-state index contributed by atoms with van der Waals surface area (Å²) in [6, 6.07) is 23.3. The van der Waals surface area contributed by atoms with E-state index >= 15 is 0 Å². The van der Waals surface area contributed by atoms with Crippen molar-refractivity contribution in [2.75, 3.05) is 0 Å². The lowest BCUT2D eigenvalue weighted by molar-refractivity contribution is 0.0940. The van der Waals surface area contributed by atoms with E-state index < -0.39 is 0 Å². The third-order valence-corrected chi connectivity index (χ3v) is 4.55. The summed E-state index contributed by atoms with van der Waals surface area (Å²) in [5.41, 5.74) is 3.45. The Bertz CT molecular complexity index is 1140. The van der Waals surface area contributed by atoms with Crippen molar-refractivity contribution >= 4 is 5.91 Å². The summed E-state index contributed by atoms with van der Waals surface area (Å²) in [4.78, 5) is 17.1. The first kappa shape index (κ1) is 18.6. The summed E-state index contributed by atoms with van der Waals surface area (Å²) in [6.07, 6.45) is 0. The molecule has 1 heterocycles. The quantitative estimate of drug-likeness (QED) is 0.556. The molecule has 0 unspecified atom stereocenters. The van der Waals surface area contributed by atoms with Crippen LogP contribution in [-0.4, -0.2) is 20.7 Å². The maximum atomic E-state index is 13.4. The van der Waals surface area contributed by atoms with Gasteiger partial charge in [-0.1, -0.05) is 48.5 Å². The highest BCUT2D eigenvalue weighted by molar-refractivity contribution is 5.91. The number of carbonyl (C=O) groups excluding carboxylic acids is 1. The molecule has 0 aliphatic heterocycles. The number of nitrogens with zero attached hydrogens (tertiary/aromatic N) is 3. The monoisotopic (exact) mass is 386 g/mol. The molecule has 3 aromatic carbocycles. The second-order valence-corrected chi connectivity index (χ2v) is 6.63. The van der Waals surface area contributed by atoms with Crippen LogP contribution in [-0.2, 0) is 6.54 Å². The first-order valence-corrected chi connectivity index (χ1v) is 9.23. The molecule has 29 heavy (non-hydrogen) atoms. The second-order valence-electron chi connectivity index (χ2n) is 6.63. The average molecular weight is 386 g/mol. The Morgan fingerprint density at radius 1 is 0.966 bits per heavy atom. The third kappa shape index (κ3) is 4.06. The van der Waals surface area contributed by atoms with Gasteiger partial charge in [0.1, 0.15) is 5.82 Å². The molecule has 1 aromatic heterocycles. The van der Waals surface area contributed by atoms with Crippen LogP contribution in [0.1, 0.15) is 21.7 Å². The molecule has 4 rings (SSSR count). The lowest BCUT2D eigenvalue weighted by Crippen LogP contribution is -2.24. The Morgan fingerprint density at radius 2 is 1.66 bits per heavy atom. The van der Waals surface area contributed by atoms with Gasteiger partial charge in [-0.15, -0.1) is 5.10 Å². The number of hydrogen-bond acceptors (Lipinski definition) is 3. The van der Waals surface area contributed by atoms with Gasteiger partial charge in [-0.3, -0.25) is 4.79 Å². The zero-order chi connectivity index (χ0) is 20.2. The van der Waals surface area contributed by atoms with E-state index in [-0.39, 0.29) is 17.5 Å². The zero-order valence-electron chi connectivity index (χ0n) is 15.8. The summed E-state index contributed by atoms with van der Waals surface area (Å²) in [7, 11) is 0. The molecular weight excluding hydrogens is 367 g/mol. The van der Waals surface area contributed by atoms with Gasteiger partial charge >= 0.3 is 0 Å². The van der Waals surface area contributed by atoms with Crippen LogP contribution < -0.4 is 5.32 Å². The Balaban J connectivity index is 1.70. The fourth-order valence-electron chi connectivity index (χ4n) is 3.02. The summed E-state index contributed by atoms with van der Waals surface area (Å²) >= 11 is 0. The summed E-state index contributed by atoms with van der Waals surface area (Å²) in [6.45, 7) is 2.34. The van der Waals surface area contributed by atoms with Crippen molar-refractivity contribution in [3.63, 3.8) is 0 Å². The van der Waals surface area contributed by atoms with Crippen LogP contribution >= 0.6 is 0 Å². The maximum absolute atomic E-state index is 13.4. The van der Waals surface area contributed by atoms with Crippen molar-refractivity contribution in [3.05, 3.63) is 102 Å². The highest BCUT2D eigenvalue weighted by Gasteiger charge is 2.19. The van der Waals surface area contributed by atoms with E-state index in [0.717, 1.165) is 16.8 Å². The van der Waals surface area contributed by atoms with Crippen molar-refractivity contribution in [2.45, 2.75) is 13.5 Å². The number of hydrogen-bond donors (Lipinski definition) is 1. The number of para-hydroxylation sites is 1. The van der Waals surface area contributed by atoms with Crippen LogP contribution in [0.15, 0.2) is 78.9 Å². The molecule has 1 N–H and O–H groups in total. The van der Waals surface area contributed by atoms with Crippen LogP contribution in [0.5, 0.6) is 0 Å². The van der Waals surface area contributed by atoms with Crippen LogP contribution in [0.3, 0.4) is 0 Å². The van der Waals surface area contributed by atoms with Gasteiger partial charge in [-0.2, -0.15) is 0 Å². The molecule has 0 atom stereocenters. The molecule has 0 saturated carbocycles. The van der Waals surface area contributed by atoms with Gasteiger partial charge < -0.3 is 5.32 Å². The maximum Gasteiger partial charge on any atom is 0.291 e. The first-order valence-electron chi connectivity index (χ1n) is 9.23. The Hall–Kier alpha value is -3.80. The largest absolute Gasteiger partial charge is 0.345 e. The molecule has 0 aliphatic carbocycles. The molecule has 4 aromatic rings. The Kier molecular flexibility index (Phi) is 5.16. The van der Waals surface area contributed by atoms with Crippen molar-refractivity contribution in [2.24, 2.45) is 0 Å². The molecule has 0 fully saturated rings. The van der Waals surface area contributed by atoms with Gasteiger partial charge in [-0.25, -0.2) is 14.1 Å². The highest BCUT2D eigenvalue weighted by atomic mass is 19.1. The van der Waals surface area contributed by atoms with Gasteiger partial charge in [-0.05, 0) is 48.4 Å². The molecule has 144 valence electrons. The van der Waals surface area contributed by atoms with Crippen LogP contribution in [0.2, 0.25) is 0 Å². The minimum atomic E-state index is -0.371. The predicted octanol–water partition coefficient (Wildman–Crippen LogP) is 4.31. The standard InChI is InChI=1S/C23H19FN4O/c1-16-7-5-6-10-20(16)28-22(18-11-13-19(24)14-12-18)26-21(27-28)23(29)25-15-17-8-3-2-4-9-17/h2-14H,15H2,1H3,(H,25,29). The van der Waals surface area contributed by atoms with Crippen LogP contribution in [0.25, 0.3) is 17.1 Å². The molecule has 1 amide bonds. The van der Waals surface area contributed by atoms with Crippen molar-refractivity contribution in [1.29, 1.82) is 0 Å². The van der Waals surface area contributed by atoms with E-state index in [1.807, 2.05) is 61.5 Å². The average Bonchev–Trinajstić information content (AvgIpc) is 3.19. The van der Waals surface area contributed by atoms with Crippen molar-refractivity contribution < 1.29 is 9.18 Å². The molecule has 0 aliphatic rings. The second kappa shape index (κ2) is 8.06. The van der Waals surface area contributed by atoms with Crippen molar-refractivity contribution in [3.8, 4) is 17.1 Å². The van der Waals surface area contributed by atoms with Crippen molar-refractivity contribution in [1.82, 2.24) is 20.1 Å². The number of halogens is 1. The van der Waals surface area contributed by atoms with Crippen LogP contribution in [0, 0.1) is 12.7 Å². The van der Waals surface area contributed by atoms with E-state index in [4.69, 9.17) is 0 Å². The van der Waals surface area contributed by atoms with Gasteiger partial charge in [0.15, 0.2) is 5.82 Å². The number of benzene rings is 3. The molecular formula is C23H19FN4O. The van der Waals surface area contributed by atoms with E-state index in [1.165, 1.54) is 12.1 Å². The van der Waals surface area contributed by atoms with Crippen LogP contribution in [0.4, 0.5) is 4.39 Å². The number of carbonyl (C=O) groups is 1. The van der Waals surface area contributed by atoms with E-state index in [2.05, 4.69) is 15.4 Å². The van der Waals surface area contributed by atoms with Gasteiger partial charge in [0, 0.05) is 12.1 Å². The fraction of sp³-hybridized carbons (Fsp3) is 0.0870. The number of rotatable bonds is 5. The highest BCUT2D eigenvalue weighted by Crippen LogP contribution is 2.23. The summed E-state index contributed by atoms with van der Waals surface area (Å²) in [5, 5.41) is 7.30. The zero-order valence-corrected chi connectivity index (χ0v) is 15.8. The predicted molar refractivity (Wildman–Crippen MR) is 109 cm³/mol. The molecule has 0 saturated heterocycles. The molecule has 0 bridgehead atoms. The van der Waals surface area contributed by atoms with Gasteiger partial charge in [0.25, 0.3) is 5.91 Å².